The molecule has 6 nitrogen and oxygen atoms in total. The molecule has 7 heteroatoms. The fraction of sp³-hybridized carbons (Fsp3) is 0.400. The molecule has 1 N–H and O–H groups in total. The van der Waals surface area contributed by atoms with Crippen LogP contribution in [0.4, 0.5) is 5.69 Å². The van der Waals surface area contributed by atoms with E-state index in [0.717, 1.165) is 43.4 Å². The third-order valence-electron chi connectivity index (χ3n) is 6.00. The first-order valence-corrected chi connectivity index (χ1v) is 12.8. The lowest BCUT2D eigenvalue weighted by atomic mass is 9.97. The number of anilines is 1. The van der Waals surface area contributed by atoms with Crippen molar-refractivity contribution in [3.8, 4) is 5.75 Å². The highest BCUT2D eigenvalue weighted by atomic mass is 32.2. The van der Waals surface area contributed by atoms with Crippen LogP contribution in [-0.2, 0) is 21.2 Å². The van der Waals surface area contributed by atoms with Gasteiger partial charge in [-0.1, -0.05) is 29.8 Å². The summed E-state index contributed by atoms with van der Waals surface area (Å²) in [5.41, 5.74) is 3.22. The summed E-state index contributed by atoms with van der Waals surface area (Å²) in [5, 5.41) is 2.88. The normalized spacial score (nSPS) is 16.1. The number of nitrogens with zero attached hydrogens (tertiary/aromatic N) is 1. The predicted molar refractivity (Wildman–Crippen MR) is 125 cm³/mol. The Kier molecular flexibility index (Phi) is 7.15. The Balaban J connectivity index is 1.31. The molecular formula is C25H30N2O4S. The molecular weight excluding hydrogens is 424 g/mol. The molecule has 2 aliphatic rings. The summed E-state index contributed by atoms with van der Waals surface area (Å²) >= 11 is 0. The number of nitrogens with one attached hydrogen (secondary N) is 1. The van der Waals surface area contributed by atoms with Crippen LogP contribution < -0.4 is 14.4 Å². The Labute approximate surface area is 190 Å². The van der Waals surface area contributed by atoms with E-state index in [1.165, 1.54) is 34.9 Å². The van der Waals surface area contributed by atoms with Gasteiger partial charge in [0, 0.05) is 13.1 Å². The summed E-state index contributed by atoms with van der Waals surface area (Å²) in [6.07, 6.45) is 9.61. The first kappa shape index (κ1) is 22.4. The lowest BCUT2D eigenvalue weighted by Gasteiger charge is -2.30. The Hall–Kier alpha value is -2.80. The number of amides is 1. The van der Waals surface area contributed by atoms with Crippen LogP contribution in [0.1, 0.15) is 44.1 Å². The van der Waals surface area contributed by atoms with Gasteiger partial charge in [0.1, 0.15) is 5.75 Å². The standard InChI is InChI=1S/C25H30N2O4S/c28-25(26-17-16-20-7-2-1-3-8-20)19-31-22-12-14-23(15-13-22)32(29,30)27-18-6-10-21-9-4-5-11-24(21)27/h4-5,7,9,11-15H,1-3,6,8,10,16-19H2,(H,26,28). The van der Waals surface area contributed by atoms with Gasteiger partial charge in [-0.15, -0.1) is 0 Å². The third kappa shape index (κ3) is 5.33. The van der Waals surface area contributed by atoms with Gasteiger partial charge >= 0.3 is 0 Å². The Morgan fingerprint density at radius 1 is 1.00 bits per heavy atom. The Morgan fingerprint density at radius 2 is 1.81 bits per heavy atom. The minimum absolute atomic E-state index is 0.0926. The average molecular weight is 455 g/mol. The monoisotopic (exact) mass is 454 g/mol. The van der Waals surface area contributed by atoms with E-state index >= 15 is 0 Å². The highest BCUT2D eigenvalue weighted by Gasteiger charge is 2.28. The molecule has 0 bridgehead atoms. The lowest BCUT2D eigenvalue weighted by molar-refractivity contribution is -0.123. The molecule has 32 heavy (non-hydrogen) atoms. The van der Waals surface area contributed by atoms with Crippen molar-refractivity contribution in [2.75, 3.05) is 24.0 Å². The molecule has 0 fully saturated rings. The number of rotatable bonds is 8. The number of allylic oxidation sites excluding steroid dienone is 1. The van der Waals surface area contributed by atoms with Crippen molar-refractivity contribution >= 4 is 21.6 Å². The maximum atomic E-state index is 13.2. The zero-order valence-corrected chi connectivity index (χ0v) is 19.1. The van der Waals surface area contributed by atoms with Crippen molar-refractivity contribution in [1.82, 2.24) is 5.32 Å². The highest BCUT2D eigenvalue weighted by Crippen LogP contribution is 2.32. The Bertz CT molecular complexity index is 1080. The molecule has 2 aromatic carbocycles. The van der Waals surface area contributed by atoms with Crippen LogP contribution in [0.3, 0.4) is 0 Å². The van der Waals surface area contributed by atoms with Crippen molar-refractivity contribution < 1.29 is 17.9 Å². The second-order valence-electron chi connectivity index (χ2n) is 8.28. The molecule has 0 saturated carbocycles. The fourth-order valence-electron chi connectivity index (χ4n) is 4.28. The number of fused-ring (bicyclic) bond motifs is 1. The number of ether oxygens (including phenoxy) is 1. The molecule has 4 rings (SSSR count). The van der Waals surface area contributed by atoms with Crippen LogP contribution in [0, 0.1) is 0 Å². The zero-order valence-electron chi connectivity index (χ0n) is 18.3. The van der Waals surface area contributed by atoms with Crippen molar-refractivity contribution in [3.63, 3.8) is 0 Å². The maximum absolute atomic E-state index is 13.2. The third-order valence-corrected chi connectivity index (χ3v) is 7.83. The van der Waals surface area contributed by atoms with E-state index in [-0.39, 0.29) is 17.4 Å². The second-order valence-corrected chi connectivity index (χ2v) is 10.1. The van der Waals surface area contributed by atoms with Crippen molar-refractivity contribution in [3.05, 3.63) is 65.7 Å². The summed E-state index contributed by atoms with van der Waals surface area (Å²) in [5.74, 6) is 0.288. The molecule has 0 saturated heterocycles. The molecule has 1 aliphatic carbocycles. The van der Waals surface area contributed by atoms with Gasteiger partial charge in [0.25, 0.3) is 15.9 Å². The van der Waals surface area contributed by atoms with Crippen LogP contribution in [0.2, 0.25) is 0 Å². The van der Waals surface area contributed by atoms with Crippen LogP contribution in [0.5, 0.6) is 5.75 Å². The summed E-state index contributed by atoms with van der Waals surface area (Å²) in [7, 11) is -3.65. The topological polar surface area (TPSA) is 75.7 Å². The number of hydrogen-bond acceptors (Lipinski definition) is 4. The first-order chi connectivity index (χ1) is 15.5. The quantitative estimate of drug-likeness (QED) is 0.606. The molecule has 1 heterocycles. The molecule has 0 aromatic heterocycles. The van der Waals surface area contributed by atoms with Crippen LogP contribution >= 0.6 is 0 Å². The van der Waals surface area contributed by atoms with Gasteiger partial charge in [-0.25, -0.2) is 8.42 Å². The smallest absolute Gasteiger partial charge is 0.264 e. The molecule has 0 radical (unpaired) electrons. The SMILES string of the molecule is O=C(COc1ccc(S(=O)(=O)N2CCCc3ccccc32)cc1)NCCC1=CCCCC1. The molecule has 2 aromatic rings. The summed E-state index contributed by atoms with van der Waals surface area (Å²) in [6.45, 7) is 0.988. The number of benzene rings is 2. The van der Waals surface area contributed by atoms with Crippen molar-refractivity contribution in [2.45, 2.75) is 49.8 Å². The number of hydrogen-bond donors (Lipinski definition) is 1. The van der Waals surface area contributed by atoms with Gasteiger partial charge < -0.3 is 10.1 Å². The van der Waals surface area contributed by atoms with E-state index in [2.05, 4.69) is 11.4 Å². The number of para-hydroxylation sites is 1. The minimum atomic E-state index is -3.65. The molecule has 1 aliphatic heterocycles. The van der Waals surface area contributed by atoms with E-state index in [1.807, 2.05) is 24.3 Å². The van der Waals surface area contributed by atoms with Crippen LogP contribution in [-0.4, -0.2) is 34.0 Å². The first-order valence-electron chi connectivity index (χ1n) is 11.3. The second kappa shape index (κ2) is 10.2. The summed E-state index contributed by atoms with van der Waals surface area (Å²) in [4.78, 5) is 12.3. The minimum Gasteiger partial charge on any atom is -0.484 e. The van der Waals surface area contributed by atoms with E-state index in [4.69, 9.17) is 4.74 Å². The molecule has 1 amide bonds. The molecule has 0 unspecified atom stereocenters. The number of aryl methyl sites for hydroxylation is 1. The Morgan fingerprint density at radius 3 is 2.59 bits per heavy atom. The molecule has 0 atom stereocenters. The van der Waals surface area contributed by atoms with Gasteiger partial charge in [0.05, 0.1) is 10.6 Å². The average Bonchev–Trinajstić information content (AvgIpc) is 2.83. The van der Waals surface area contributed by atoms with E-state index in [0.29, 0.717) is 18.8 Å². The van der Waals surface area contributed by atoms with Gasteiger partial charge in [-0.2, -0.15) is 0 Å². The van der Waals surface area contributed by atoms with Crippen LogP contribution in [0.15, 0.2) is 65.1 Å². The van der Waals surface area contributed by atoms with E-state index < -0.39 is 10.0 Å². The predicted octanol–water partition coefficient (Wildman–Crippen LogP) is 4.21. The van der Waals surface area contributed by atoms with Crippen molar-refractivity contribution in [1.29, 1.82) is 0 Å². The van der Waals surface area contributed by atoms with Gasteiger partial charge in [-0.3, -0.25) is 9.10 Å². The van der Waals surface area contributed by atoms with Gasteiger partial charge in [0.15, 0.2) is 6.61 Å². The lowest BCUT2D eigenvalue weighted by Crippen LogP contribution is -2.35. The highest BCUT2D eigenvalue weighted by molar-refractivity contribution is 7.92. The number of carbonyl (C=O) groups is 1. The maximum Gasteiger partial charge on any atom is 0.264 e. The zero-order chi connectivity index (χ0) is 22.4. The fourth-order valence-corrected chi connectivity index (χ4v) is 5.82. The number of carbonyl (C=O) groups excluding carboxylic acids is 1. The largest absolute Gasteiger partial charge is 0.484 e. The summed E-state index contributed by atoms with van der Waals surface area (Å²) < 4.78 is 33.4. The van der Waals surface area contributed by atoms with E-state index in [9.17, 15) is 13.2 Å². The van der Waals surface area contributed by atoms with E-state index in [1.54, 1.807) is 12.1 Å². The number of sulfonamides is 1. The molecule has 0 spiro atoms. The van der Waals surface area contributed by atoms with Gasteiger partial charge in [-0.05, 0) is 80.8 Å². The van der Waals surface area contributed by atoms with Gasteiger partial charge in [0.2, 0.25) is 0 Å². The van der Waals surface area contributed by atoms with Crippen LogP contribution in [0.25, 0.3) is 0 Å². The van der Waals surface area contributed by atoms with Crippen molar-refractivity contribution in [2.24, 2.45) is 0 Å². The molecule has 170 valence electrons. The summed E-state index contributed by atoms with van der Waals surface area (Å²) in [6, 6.07) is 13.9.